The number of aromatic nitrogens is 6. The molecule has 0 radical (unpaired) electrons. The zero-order valence-corrected chi connectivity index (χ0v) is 23.0. The summed E-state index contributed by atoms with van der Waals surface area (Å²) >= 11 is 1.43. The van der Waals surface area contributed by atoms with E-state index in [9.17, 15) is 8.78 Å². The Balaban J connectivity index is 1.31. The summed E-state index contributed by atoms with van der Waals surface area (Å²) in [7, 11) is 0. The number of nitrogens with zero attached hydrogens (tertiary/aromatic N) is 7. The predicted molar refractivity (Wildman–Crippen MR) is 152 cm³/mol. The van der Waals surface area contributed by atoms with Crippen LogP contribution in [0.5, 0.6) is 0 Å². The van der Waals surface area contributed by atoms with Gasteiger partial charge in [0.25, 0.3) is 0 Å². The van der Waals surface area contributed by atoms with Gasteiger partial charge in [0.05, 0.1) is 23.8 Å². The zero-order valence-electron chi connectivity index (χ0n) is 22.2. The molecular formula is C28H29F2N9S. The van der Waals surface area contributed by atoms with Crippen molar-refractivity contribution in [1.29, 1.82) is 0 Å². The molecule has 40 heavy (non-hydrogen) atoms. The second-order valence-corrected chi connectivity index (χ2v) is 11.2. The molecule has 9 nitrogen and oxygen atoms in total. The second kappa shape index (κ2) is 11.3. The quantitative estimate of drug-likeness (QED) is 0.266. The van der Waals surface area contributed by atoms with E-state index in [0.717, 1.165) is 39.9 Å². The molecule has 6 rings (SSSR count). The lowest BCUT2D eigenvalue weighted by molar-refractivity contribution is 0.166. The average molecular weight is 562 g/mol. The molecule has 2 atom stereocenters. The zero-order chi connectivity index (χ0) is 27.6. The molecule has 1 aromatic carbocycles. The Hall–Kier alpha value is -3.87. The van der Waals surface area contributed by atoms with E-state index in [-0.39, 0.29) is 5.69 Å². The highest BCUT2D eigenvalue weighted by Crippen LogP contribution is 2.40. The second-order valence-electron chi connectivity index (χ2n) is 10.1. The molecule has 5 heterocycles. The first-order chi connectivity index (χ1) is 19.4. The van der Waals surface area contributed by atoms with E-state index in [0.29, 0.717) is 42.5 Å². The highest BCUT2D eigenvalue weighted by Gasteiger charge is 2.23. The summed E-state index contributed by atoms with van der Waals surface area (Å²) in [6.07, 6.45) is 6.18. The Morgan fingerprint density at radius 1 is 1.07 bits per heavy atom. The fourth-order valence-corrected chi connectivity index (χ4v) is 6.47. The molecule has 0 bridgehead atoms. The average Bonchev–Trinajstić information content (AvgIpc) is 3.60. The molecule has 2 unspecified atom stereocenters. The van der Waals surface area contributed by atoms with Gasteiger partial charge < -0.3 is 10.6 Å². The Kier molecular flexibility index (Phi) is 7.46. The van der Waals surface area contributed by atoms with Crippen LogP contribution < -0.4 is 10.6 Å². The summed E-state index contributed by atoms with van der Waals surface area (Å²) < 4.78 is 32.1. The first-order valence-electron chi connectivity index (χ1n) is 13.2. The topological polar surface area (TPSA) is 96.7 Å². The van der Waals surface area contributed by atoms with Crippen molar-refractivity contribution in [2.75, 3.05) is 25.0 Å². The minimum absolute atomic E-state index is 0.218. The van der Waals surface area contributed by atoms with Crippen LogP contribution in [0.4, 0.5) is 14.7 Å². The third kappa shape index (κ3) is 5.69. The van der Waals surface area contributed by atoms with Crippen molar-refractivity contribution >= 4 is 27.4 Å². The van der Waals surface area contributed by atoms with Gasteiger partial charge in [-0.1, -0.05) is 23.4 Å². The fourth-order valence-electron chi connectivity index (χ4n) is 5.30. The number of benzene rings is 1. The molecule has 1 fully saturated rings. The Morgan fingerprint density at radius 3 is 2.73 bits per heavy atom. The van der Waals surface area contributed by atoms with Gasteiger partial charge in [0.1, 0.15) is 5.69 Å². The maximum absolute atomic E-state index is 15.0. The SMILES string of the molecule is CC1CN(Cc2cnc(F)cc2-c2cccc3cc(-c4nc(NCCn5ccnn5)ncc4F)sc23)CC(C)N1. The third-order valence-corrected chi connectivity index (χ3v) is 8.08. The molecule has 2 N–H and O–H groups in total. The molecule has 1 saturated heterocycles. The number of hydrogen-bond donors (Lipinski definition) is 2. The number of fused-ring (bicyclic) bond motifs is 1. The van der Waals surface area contributed by atoms with E-state index < -0.39 is 11.8 Å². The van der Waals surface area contributed by atoms with Crippen LogP contribution in [0.15, 0.2) is 55.1 Å². The third-order valence-electron chi connectivity index (χ3n) is 6.89. The summed E-state index contributed by atoms with van der Waals surface area (Å²) in [5.74, 6) is -0.710. The van der Waals surface area contributed by atoms with Crippen molar-refractivity contribution < 1.29 is 8.78 Å². The van der Waals surface area contributed by atoms with Crippen molar-refractivity contribution in [1.82, 2.24) is 40.2 Å². The Morgan fingerprint density at radius 2 is 1.93 bits per heavy atom. The first-order valence-corrected chi connectivity index (χ1v) is 14.0. The smallest absolute Gasteiger partial charge is 0.223 e. The van der Waals surface area contributed by atoms with Gasteiger partial charge in [-0.3, -0.25) is 9.58 Å². The van der Waals surface area contributed by atoms with Crippen LogP contribution >= 0.6 is 11.3 Å². The number of nitrogens with one attached hydrogen (secondary N) is 2. The number of halogens is 2. The largest absolute Gasteiger partial charge is 0.352 e. The Bertz CT molecular complexity index is 1610. The highest BCUT2D eigenvalue weighted by molar-refractivity contribution is 7.22. The van der Waals surface area contributed by atoms with Gasteiger partial charge >= 0.3 is 0 Å². The van der Waals surface area contributed by atoms with Crippen molar-refractivity contribution in [3.05, 3.63) is 72.4 Å². The molecule has 0 spiro atoms. The normalized spacial score (nSPS) is 17.9. The van der Waals surface area contributed by atoms with Crippen LogP contribution in [0.2, 0.25) is 0 Å². The molecule has 0 amide bonds. The highest BCUT2D eigenvalue weighted by atomic mass is 32.1. The summed E-state index contributed by atoms with van der Waals surface area (Å²) in [5, 5.41) is 15.3. The van der Waals surface area contributed by atoms with Crippen molar-refractivity contribution in [3.8, 4) is 21.7 Å². The van der Waals surface area contributed by atoms with Gasteiger partial charge in [-0.05, 0) is 36.4 Å². The van der Waals surface area contributed by atoms with E-state index in [1.807, 2.05) is 24.3 Å². The number of pyridine rings is 1. The fraction of sp³-hybridized carbons (Fsp3) is 0.321. The van der Waals surface area contributed by atoms with Crippen molar-refractivity contribution in [2.45, 2.75) is 39.0 Å². The lowest BCUT2D eigenvalue weighted by Crippen LogP contribution is -2.53. The lowest BCUT2D eigenvalue weighted by Gasteiger charge is -2.36. The molecule has 5 aromatic rings. The van der Waals surface area contributed by atoms with Gasteiger partial charge in [-0.25, -0.2) is 19.3 Å². The summed E-state index contributed by atoms with van der Waals surface area (Å²) in [4.78, 5) is 15.6. The molecule has 0 aliphatic carbocycles. The van der Waals surface area contributed by atoms with Crippen LogP contribution in [0.3, 0.4) is 0 Å². The molecule has 0 saturated carbocycles. The van der Waals surface area contributed by atoms with Gasteiger partial charge in [0, 0.05) is 67.0 Å². The van der Waals surface area contributed by atoms with Crippen LogP contribution in [0.25, 0.3) is 31.8 Å². The molecule has 4 aromatic heterocycles. The van der Waals surface area contributed by atoms with Crippen LogP contribution in [-0.2, 0) is 13.1 Å². The molecule has 1 aliphatic rings. The summed E-state index contributed by atoms with van der Waals surface area (Å²) in [6.45, 7) is 7.88. The standard InChI is InChI=1S/C28H29F2N9S/c1-17-14-38(15-18(2)35-17)16-20-12-32-25(30)11-22(20)21-5-3-4-19-10-24(40-27(19)21)26-23(29)13-33-28(36-26)31-6-8-39-9-7-34-37-39/h3-5,7,9-13,17-18,35H,6,8,14-16H2,1-2H3,(H,31,33,36). The van der Waals surface area contributed by atoms with Crippen LogP contribution in [-0.4, -0.2) is 66.6 Å². The van der Waals surface area contributed by atoms with E-state index in [1.54, 1.807) is 23.3 Å². The lowest BCUT2D eigenvalue weighted by atomic mass is 9.99. The number of hydrogen-bond acceptors (Lipinski definition) is 9. The van der Waals surface area contributed by atoms with Gasteiger partial charge in [-0.15, -0.1) is 16.4 Å². The Labute approximate surface area is 234 Å². The first kappa shape index (κ1) is 26.4. The minimum Gasteiger partial charge on any atom is -0.352 e. The molecule has 12 heteroatoms. The van der Waals surface area contributed by atoms with Crippen LogP contribution in [0.1, 0.15) is 19.4 Å². The minimum atomic E-state index is -0.530. The van der Waals surface area contributed by atoms with Crippen LogP contribution in [0, 0.1) is 11.8 Å². The predicted octanol–water partition coefficient (Wildman–Crippen LogP) is 4.58. The number of anilines is 1. The van der Waals surface area contributed by atoms with Gasteiger partial charge in [0.2, 0.25) is 11.9 Å². The maximum atomic E-state index is 15.0. The van der Waals surface area contributed by atoms with Gasteiger partial charge in [-0.2, -0.15) is 4.39 Å². The molecule has 1 aliphatic heterocycles. The van der Waals surface area contributed by atoms with Crippen molar-refractivity contribution in [2.24, 2.45) is 0 Å². The van der Waals surface area contributed by atoms with E-state index in [2.05, 4.69) is 54.6 Å². The van der Waals surface area contributed by atoms with Gasteiger partial charge in [0.15, 0.2) is 5.82 Å². The monoisotopic (exact) mass is 561 g/mol. The molecule has 206 valence electrons. The van der Waals surface area contributed by atoms with E-state index in [1.165, 1.54) is 23.6 Å². The summed E-state index contributed by atoms with van der Waals surface area (Å²) in [6, 6.07) is 10.1. The number of piperazine rings is 1. The molecular weight excluding hydrogens is 532 g/mol. The number of thiophene rings is 1. The van der Waals surface area contributed by atoms with E-state index in [4.69, 9.17) is 0 Å². The van der Waals surface area contributed by atoms with E-state index >= 15 is 0 Å². The maximum Gasteiger partial charge on any atom is 0.223 e. The number of rotatable bonds is 8. The van der Waals surface area contributed by atoms with Crippen molar-refractivity contribution in [3.63, 3.8) is 0 Å². The summed E-state index contributed by atoms with van der Waals surface area (Å²) in [5.41, 5.74) is 2.86.